The third-order valence-corrected chi connectivity index (χ3v) is 4.39. The van der Waals surface area contributed by atoms with Crippen molar-refractivity contribution in [3.05, 3.63) is 11.8 Å². The van der Waals surface area contributed by atoms with E-state index in [4.69, 9.17) is 0 Å². The van der Waals surface area contributed by atoms with Crippen LogP contribution in [0, 0.1) is 0 Å². The molecule has 0 radical (unpaired) electrons. The predicted molar refractivity (Wildman–Crippen MR) is 71.1 cm³/mol. The molecule has 3 heterocycles. The molecule has 2 fully saturated rings. The van der Waals surface area contributed by atoms with E-state index in [0.717, 1.165) is 44.3 Å². The van der Waals surface area contributed by atoms with Gasteiger partial charge in [-0.1, -0.05) is 0 Å². The fraction of sp³-hybridized carbons (Fsp3) is 0.615. The molecular formula is C13H17N5O. The van der Waals surface area contributed by atoms with Crippen molar-refractivity contribution in [2.45, 2.75) is 37.1 Å². The summed E-state index contributed by atoms with van der Waals surface area (Å²) in [4.78, 5) is 20.7. The van der Waals surface area contributed by atoms with Crippen molar-refractivity contribution in [1.29, 1.82) is 0 Å². The van der Waals surface area contributed by atoms with Crippen molar-refractivity contribution in [2.24, 2.45) is 0 Å². The first-order valence-corrected chi connectivity index (χ1v) is 6.94. The number of piperidine rings is 1. The van der Waals surface area contributed by atoms with Crippen LogP contribution in [-0.4, -0.2) is 35.0 Å². The highest BCUT2D eigenvalue weighted by molar-refractivity contribution is 6.07. The standard InChI is InChI=1S/C13H17N5O/c19-11-13(3-4-13)9-7-15-12(18-10(9)17-11)16-8-1-5-14-6-2-8/h7-8,14H,1-6H2,(H2,15,16,17,18,19). The Morgan fingerprint density at radius 2 is 2.11 bits per heavy atom. The van der Waals surface area contributed by atoms with E-state index in [1.54, 1.807) is 0 Å². The highest BCUT2D eigenvalue weighted by atomic mass is 16.2. The second kappa shape index (κ2) is 3.90. The van der Waals surface area contributed by atoms with E-state index in [-0.39, 0.29) is 11.3 Å². The van der Waals surface area contributed by atoms with Gasteiger partial charge in [-0.25, -0.2) is 4.98 Å². The average molecular weight is 259 g/mol. The van der Waals surface area contributed by atoms with Crippen LogP contribution in [0.15, 0.2) is 6.20 Å². The second-order valence-corrected chi connectivity index (χ2v) is 5.66. The van der Waals surface area contributed by atoms with E-state index in [2.05, 4.69) is 25.9 Å². The number of nitrogens with zero attached hydrogens (tertiary/aromatic N) is 2. The summed E-state index contributed by atoms with van der Waals surface area (Å²) < 4.78 is 0. The van der Waals surface area contributed by atoms with E-state index >= 15 is 0 Å². The van der Waals surface area contributed by atoms with Crippen molar-refractivity contribution in [2.75, 3.05) is 23.7 Å². The van der Waals surface area contributed by atoms with Gasteiger partial charge in [-0.2, -0.15) is 4.98 Å². The maximum absolute atomic E-state index is 11.9. The lowest BCUT2D eigenvalue weighted by atomic mass is 10.0. The molecule has 3 N–H and O–H groups in total. The fourth-order valence-corrected chi connectivity index (χ4v) is 3.02. The highest BCUT2D eigenvalue weighted by Gasteiger charge is 2.57. The molecule has 3 aliphatic rings. The van der Waals surface area contributed by atoms with Gasteiger partial charge < -0.3 is 16.0 Å². The monoisotopic (exact) mass is 259 g/mol. The van der Waals surface area contributed by atoms with E-state index in [1.807, 2.05) is 6.20 Å². The number of amides is 1. The van der Waals surface area contributed by atoms with Gasteiger partial charge in [0.15, 0.2) is 0 Å². The molecule has 0 aromatic carbocycles. The molecule has 6 heteroatoms. The Morgan fingerprint density at radius 1 is 1.32 bits per heavy atom. The summed E-state index contributed by atoms with van der Waals surface area (Å²) in [5.74, 6) is 1.42. The number of hydrogen-bond acceptors (Lipinski definition) is 5. The molecule has 1 saturated heterocycles. The summed E-state index contributed by atoms with van der Waals surface area (Å²) >= 11 is 0. The lowest BCUT2D eigenvalue weighted by molar-refractivity contribution is -0.117. The Hall–Kier alpha value is -1.69. The predicted octanol–water partition coefficient (Wildman–Crippen LogP) is 0.624. The number of carbonyl (C=O) groups excluding carboxylic acids is 1. The number of anilines is 2. The normalized spacial score (nSPS) is 24.1. The minimum absolute atomic E-state index is 0.0933. The van der Waals surface area contributed by atoms with Crippen LogP contribution in [0.1, 0.15) is 31.2 Å². The molecule has 1 aromatic heterocycles. The second-order valence-electron chi connectivity index (χ2n) is 5.66. The van der Waals surface area contributed by atoms with Crippen LogP contribution in [0.5, 0.6) is 0 Å². The third kappa shape index (κ3) is 1.70. The van der Waals surface area contributed by atoms with Crippen LogP contribution < -0.4 is 16.0 Å². The quantitative estimate of drug-likeness (QED) is 0.726. The molecule has 1 aliphatic carbocycles. The van der Waals surface area contributed by atoms with Gasteiger partial charge in [0, 0.05) is 17.8 Å². The number of fused-ring (bicyclic) bond motifs is 2. The summed E-state index contributed by atoms with van der Waals surface area (Å²) in [7, 11) is 0. The minimum atomic E-state index is -0.289. The van der Waals surface area contributed by atoms with E-state index < -0.39 is 0 Å². The molecule has 0 atom stereocenters. The number of aromatic nitrogens is 2. The van der Waals surface area contributed by atoms with Crippen molar-refractivity contribution in [3.63, 3.8) is 0 Å². The van der Waals surface area contributed by atoms with Crippen molar-refractivity contribution >= 4 is 17.7 Å². The first-order chi connectivity index (χ1) is 9.28. The largest absolute Gasteiger partial charge is 0.351 e. The smallest absolute Gasteiger partial charge is 0.236 e. The number of carbonyl (C=O) groups is 1. The molecular weight excluding hydrogens is 242 g/mol. The van der Waals surface area contributed by atoms with Crippen molar-refractivity contribution in [3.8, 4) is 0 Å². The van der Waals surface area contributed by atoms with E-state index in [0.29, 0.717) is 17.8 Å². The molecule has 0 unspecified atom stereocenters. The molecule has 19 heavy (non-hydrogen) atoms. The maximum atomic E-state index is 11.9. The topological polar surface area (TPSA) is 78.9 Å². The Bertz CT molecular complexity index is 534. The Balaban J connectivity index is 1.56. The summed E-state index contributed by atoms with van der Waals surface area (Å²) in [6, 6.07) is 0.422. The SMILES string of the molecule is O=C1Nc2nc(NC3CCNCC3)ncc2C12CC2. The van der Waals surface area contributed by atoms with Crippen LogP contribution >= 0.6 is 0 Å². The Labute approximate surface area is 111 Å². The van der Waals surface area contributed by atoms with E-state index in [9.17, 15) is 4.79 Å². The van der Waals surface area contributed by atoms with Gasteiger partial charge in [0.1, 0.15) is 5.82 Å². The molecule has 1 saturated carbocycles. The van der Waals surface area contributed by atoms with Crippen molar-refractivity contribution < 1.29 is 4.79 Å². The van der Waals surface area contributed by atoms with E-state index in [1.165, 1.54) is 0 Å². The molecule has 2 aliphatic heterocycles. The molecule has 1 aromatic rings. The Morgan fingerprint density at radius 3 is 2.84 bits per heavy atom. The highest BCUT2D eigenvalue weighted by Crippen LogP contribution is 2.54. The summed E-state index contributed by atoms with van der Waals surface area (Å²) in [6.45, 7) is 2.06. The minimum Gasteiger partial charge on any atom is -0.351 e. The molecule has 1 amide bonds. The number of nitrogens with one attached hydrogen (secondary N) is 3. The third-order valence-electron chi connectivity index (χ3n) is 4.39. The molecule has 100 valence electrons. The lowest BCUT2D eigenvalue weighted by Gasteiger charge is -2.23. The van der Waals surface area contributed by atoms with Gasteiger partial charge in [-0.3, -0.25) is 4.79 Å². The van der Waals surface area contributed by atoms with Gasteiger partial charge in [-0.05, 0) is 38.8 Å². The Kier molecular flexibility index (Phi) is 2.29. The first kappa shape index (κ1) is 11.2. The molecule has 0 bridgehead atoms. The van der Waals surface area contributed by atoms with Crippen LogP contribution in [0.2, 0.25) is 0 Å². The summed E-state index contributed by atoms with van der Waals surface area (Å²) in [5, 5.41) is 9.57. The first-order valence-electron chi connectivity index (χ1n) is 6.94. The average Bonchev–Trinajstić information content (AvgIpc) is 3.16. The fourth-order valence-electron chi connectivity index (χ4n) is 3.02. The zero-order chi connectivity index (χ0) is 12.9. The number of rotatable bonds is 2. The maximum Gasteiger partial charge on any atom is 0.236 e. The molecule has 6 nitrogen and oxygen atoms in total. The van der Waals surface area contributed by atoms with Crippen LogP contribution in [0.25, 0.3) is 0 Å². The molecule has 4 rings (SSSR count). The number of hydrogen-bond donors (Lipinski definition) is 3. The zero-order valence-corrected chi connectivity index (χ0v) is 10.7. The zero-order valence-electron chi connectivity index (χ0n) is 10.7. The summed E-state index contributed by atoms with van der Waals surface area (Å²) in [6.07, 6.45) is 5.83. The van der Waals surface area contributed by atoms with Crippen LogP contribution in [0.3, 0.4) is 0 Å². The van der Waals surface area contributed by atoms with Gasteiger partial charge in [0.2, 0.25) is 11.9 Å². The van der Waals surface area contributed by atoms with Gasteiger partial charge >= 0.3 is 0 Å². The summed E-state index contributed by atoms with van der Waals surface area (Å²) in [5.41, 5.74) is 0.691. The van der Waals surface area contributed by atoms with Crippen molar-refractivity contribution in [1.82, 2.24) is 15.3 Å². The van der Waals surface area contributed by atoms with Gasteiger partial charge in [0.25, 0.3) is 0 Å². The van der Waals surface area contributed by atoms with Gasteiger partial charge in [0.05, 0.1) is 5.41 Å². The lowest BCUT2D eigenvalue weighted by Crippen LogP contribution is -2.35. The molecule has 1 spiro atoms. The van der Waals surface area contributed by atoms with Crippen LogP contribution in [-0.2, 0) is 10.2 Å². The van der Waals surface area contributed by atoms with Crippen LogP contribution in [0.4, 0.5) is 11.8 Å². The van der Waals surface area contributed by atoms with Gasteiger partial charge in [-0.15, -0.1) is 0 Å².